The Labute approximate surface area is 125 Å². The van der Waals surface area contributed by atoms with Gasteiger partial charge in [0.2, 0.25) is 10.0 Å². The van der Waals surface area contributed by atoms with Crippen molar-refractivity contribution in [1.29, 1.82) is 0 Å². The number of nitrogens with one attached hydrogen (secondary N) is 2. The Morgan fingerprint density at radius 2 is 1.62 bits per heavy atom. The molecule has 0 fully saturated rings. The normalized spacial score (nSPS) is 13.1. The lowest BCUT2D eigenvalue weighted by atomic mass is 9.74. The van der Waals surface area contributed by atoms with E-state index in [2.05, 4.69) is 10.6 Å². The molecule has 2 amide bonds. The molecule has 0 aliphatic carbocycles. The number of carbonyl (C=O) groups excluding carboxylic acids is 1. The summed E-state index contributed by atoms with van der Waals surface area (Å²) in [6, 6.07) is -0.608. The summed E-state index contributed by atoms with van der Waals surface area (Å²) in [6.45, 7) is 6.14. The van der Waals surface area contributed by atoms with Gasteiger partial charge in [-0.05, 0) is 27.7 Å². The van der Waals surface area contributed by atoms with Gasteiger partial charge in [-0.2, -0.15) is 0 Å². The zero-order valence-corrected chi connectivity index (χ0v) is 14.2. The van der Waals surface area contributed by atoms with Gasteiger partial charge in [0.25, 0.3) is 0 Å². The van der Waals surface area contributed by atoms with Crippen molar-refractivity contribution in [3.8, 4) is 0 Å². The quantitative estimate of drug-likeness (QED) is 0.613. The molecule has 0 unspecified atom stereocenters. The SMILES string of the molecule is CN(C)S(=O)(=O)CCNC(=O)NC(C)(C)C(C)(C)C(=O)O. The topological polar surface area (TPSA) is 116 Å². The Balaban J connectivity index is 4.56. The van der Waals surface area contributed by atoms with Crippen molar-refractivity contribution in [2.75, 3.05) is 26.4 Å². The summed E-state index contributed by atoms with van der Waals surface area (Å²) < 4.78 is 24.1. The Bertz CT molecular complexity index is 497. The number of sulfonamides is 1. The van der Waals surface area contributed by atoms with Crippen LogP contribution in [0.2, 0.25) is 0 Å². The first-order valence-electron chi connectivity index (χ1n) is 6.43. The molecule has 0 heterocycles. The van der Waals surface area contributed by atoms with Crippen molar-refractivity contribution < 1.29 is 23.1 Å². The molecule has 0 aromatic carbocycles. The predicted molar refractivity (Wildman–Crippen MR) is 79.5 cm³/mol. The van der Waals surface area contributed by atoms with Crippen LogP contribution in [-0.4, -0.2) is 61.8 Å². The van der Waals surface area contributed by atoms with E-state index in [1.165, 1.54) is 27.9 Å². The van der Waals surface area contributed by atoms with Gasteiger partial charge in [-0.1, -0.05) is 0 Å². The van der Waals surface area contributed by atoms with Crippen molar-refractivity contribution >= 4 is 22.0 Å². The summed E-state index contributed by atoms with van der Waals surface area (Å²) in [5, 5.41) is 14.1. The smallest absolute Gasteiger partial charge is 0.315 e. The van der Waals surface area contributed by atoms with Crippen molar-refractivity contribution in [3.05, 3.63) is 0 Å². The lowest BCUT2D eigenvalue weighted by molar-refractivity contribution is -0.150. The molecule has 21 heavy (non-hydrogen) atoms. The Morgan fingerprint density at radius 1 is 1.14 bits per heavy atom. The zero-order valence-electron chi connectivity index (χ0n) is 13.3. The molecular weight excluding hydrogens is 298 g/mol. The maximum Gasteiger partial charge on any atom is 0.315 e. The van der Waals surface area contributed by atoms with E-state index in [9.17, 15) is 23.1 Å². The number of urea groups is 1. The summed E-state index contributed by atoms with van der Waals surface area (Å²) in [5.41, 5.74) is -2.19. The number of rotatable bonds is 7. The van der Waals surface area contributed by atoms with Crippen molar-refractivity contribution in [2.45, 2.75) is 33.2 Å². The van der Waals surface area contributed by atoms with E-state index in [0.29, 0.717) is 0 Å². The van der Waals surface area contributed by atoms with E-state index >= 15 is 0 Å². The second kappa shape index (κ2) is 6.61. The van der Waals surface area contributed by atoms with E-state index in [-0.39, 0.29) is 12.3 Å². The van der Waals surface area contributed by atoms with Crippen LogP contribution in [0.25, 0.3) is 0 Å². The first-order valence-corrected chi connectivity index (χ1v) is 8.04. The second-order valence-electron chi connectivity index (χ2n) is 6.03. The first-order chi connectivity index (χ1) is 9.24. The van der Waals surface area contributed by atoms with E-state index in [4.69, 9.17) is 0 Å². The highest BCUT2D eigenvalue weighted by Gasteiger charge is 2.44. The monoisotopic (exact) mass is 323 g/mol. The summed E-state index contributed by atoms with van der Waals surface area (Å²) in [6.07, 6.45) is 0. The Hall–Kier alpha value is -1.35. The number of hydrogen-bond acceptors (Lipinski definition) is 4. The number of carboxylic acids is 1. The fourth-order valence-corrected chi connectivity index (χ4v) is 1.95. The molecule has 0 rings (SSSR count). The molecule has 0 saturated carbocycles. The summed E-state index contributed by atoms with van der Waals surface area (Å²) >= 11 is 0. The molecule has 0 aromatic heterocycles. The van der Waals surface area contributed by atoms with E-state index in [1.807, 2.05) is 0 Å². The van der Waals surface area contributed by atoms with Gasteiger partial charge in [-0.3, -0.25) is 4.79 Å². The van der Waals surface area contributed by atoms with Crippen LogP contribution in [0.3, 0.4) is 0 Å². The van der Waals surface area contributed by atoms with Gasteiger partial charge in [0.1, 0.15) is 0 Å². The number of aliphatic carboxylic acids is 1. The maximum atomic E-state index is 11.8. The Morgan fingerprint density at radius 3 is 2.00 bits per heavy atom. The molecule has 0 aliphatic rings. The Kier molecular flexibility index (Phi) is 6.18. The lowest BCUT2D eigenvalue weighted by Crippen LogP contribution is -2.59. The molecule has 3 N–H and O–H groups in total. The minimum atomic E-state index is -3.38. The fourth-order valence-electron chi connectivity index (χ4n) is 1.23. The van der Waals surface area contributed by atoms with Gasteiger partial charge in [0, 0.05) is 20.6 Å². The minimum absolute atomic E-state index is 0.0596. The first kappa shape index (κ1) is 19.7. The third-order valence-electron chi connectivity index (χ3n) is 3.73. The molecule has 0 aromatic rings. The van der Waals surface area contributed by atoms with Crippen molar-refractivity contribution in [2.24, 2.45) is 5.41 Å². The molecule has 124 valence electrons. The van der Waals surface area contributed by atoms with Crippen LogP contribution in [0.4, 0.5) is 4.79 Å². The molecule has 0 spiro atoms. The third kappa shape index (κ3) is 5.16. The lowest BCUT2D eigenvalue weighted by Gasteiger charge is -2.38. The number of amides is 2. The highest BCUT2D eigenvalue weighted by atomic mass is 32.2. The third-order valence-corrected chi connectivity index (χ3v) is 5.56. The highest BCUT2D eigenvalue weighted by molar-refractivity contribution is 7.89. The number of carbonyl (C=O) groups is 2. The summed E-state index contributed by atoms with van der Waals surface area (Å²) in [4.78, 5) is 23.0. The molecule has 9 heteroatoms. The number of nitrogens with zero attached hydrogens (tertiary/aromatic N) is 1. The molecule has 0 saturated heterocycles. The van der Waals surface area contributed by atoms with E-state index in [0.717, 1.165) is 4.31 Å². The molecule has 0 aliphatic heterocycles. The second-order valence-corrected chi connectivity index (χ2v) is 8.34. The maximum absolute atomic E-state index is 11.8. The molecule has 0 bridgehead atoms. The standard InChI is InChI=1S/C12H25N3O5S/c1-11(2,9(16)17)12(3,4)14-10(18)13-7-8-21(19,20)15(5)6/h7-8H2,1-6H3,(H,16,17)(H2,13,14,18). The van der Waals surface area contributed by atoms with E-state index < -0.39 is 33.0 Å². The summed E-state index contributed by atoms with van der Waals surface area (Å²) in [7, 11) is -0.561. The van der Waals surface area contributed by atoms with E-state index in [1.54, 1.807) is 13.8 Å². The highest BCUT2D eigenvalue weighted by Crippen LogP contribution is 2.30. The van der Waals surface area contributed by atoms with Crippen LogP contribution in [0.15, 0.2) is 0 Å². The molecule has 0 radical (unpaired) electrons. The number of hydrogen-bond donors (Lipinski definition) is 3. The van der Waals surface area contributed by atoms with Gasteiger partial charge in [-0.15, -0.1) is 0 Å². The van der Waals surface area contributed by atoms with Crippen LogP contribution in [-0.2, 0) is 14.8 Å². The average Bonchev–Trinajstić information content (AvgIpc) is 2.26. The van der Waals surface area contributed by atoms with Crippen LogP contribution in [0, 0.1) is 5.41 Å². The van der Waals surface area contributed by atoms with Crippen LogP contribution < -0.4 is 10.6 Å². The largest absolute Gasteiger partial charge is 0.481 e. The fraction of sp³-hybridized carbons (Fsp3) is 0.833. The molecule has 8 nitrogen and oxygen atoms in total. The summed E-state index contributed by atoms with van der Waals surface area (Å²) in [5.74, 6) is -1.26. The van der Waals surface area contributed by atoms with Crippen molar-refractivity contribution in [1.82, 2.24) is 14.9 Å². The average molecular weight is 323 g/mol. The van der Waals surface area contributed by atoms with Gasteiger partial charge >= 0.3 is 12.0 Å². The molecular formula is C12H25N3O5S. The van der Waals surface area contributed by atoms with Gasteiger partial charge in [0.15, 0.2) is 0 Å². The van der Waals surface area contributed by atoms with Gasteiger partial charge < -0.3 is 15.7 Å². The van der Waals surface area contributed by atoms with Crippen molar-refractivity contribution in [3.63, 3.8) is 0 Å². The minimum Gasteiger partial charge on any atom is -0.481 e. The molecule has 0 atom stereocenters. The van der Waals surface area contributed by atoms with Crippen LogP contribution >= 0.6 is 0 Å². The zero-order chi connectivity index (χ0) is 17.1. The van der Waals surface area contributed by atoms with Gasteiger partial charge in [-0.25, -0.2) is 17.5 Å². The van der Waals surface area contributed by atoms with Crippen LogP contribution in [0.5, 0.6) is 0 Å². The predicted octanol–water partition coefficient (Wildman–Crippen LogP) is 0.0664. The number of carboxylic acid groups (broad SMARTS) is 1. The van der Waals surface area contributed by atoms with Crippen LogP contribution in [0.1, 0.15) is 27.7 Å². The van der Waals surface area contributed by atoms with Gasteiger partial charge in [0.05, 0.1) is 16.7 Å².